The number of piperazine rings is 1. The third-order valence-electron chi connectivity index (χ3n) is 3.99. The van der Waals surface area contributed by atoms with Crippen molar-refractivity contribution in [2.24, 2.45) is 5.92 Å². The van der Waals surface area contributed by atoms with Gasteiger partial charge in [0.05, 0.1) is 0 Å². The zero-order valence-corrected chi connectivity index (χ0v) is 12.7. The first kappa shape index (κ1) is 14.5. The molecule has 1 aliphatic heterocycles. The highest BCUT2D eigenvalue weighted by atomic mass is 15.3. The number of rotatable bonds is 5. The van der Waals surface area contributed by atoms with Crippen LogP contribution in [0.25, 0.3) is 0 Å². The summed E-state index contributed by atoms with van der Waals surface area (Å²) >= 11 is 0. The van der Waals surface area contributed by atoms with Gasteiger partial charge in [-0.2, -0.15) is 0 Å². The molecule has 1 saturated heterocycles. The van der Waals surface area contributed by atoms with Crippen LogP contribution in [0, 0.1) is 5.92 Å². The van der Waals surface area contributed by atoms with Gasteiger partial charge in [0, 0.05) is 32.7 Å². The fourth-order valence-electron chi connectivity index (χ4n) is 2.77. The first-order valence-corrected chi connectivity index (χ1v) is 7.70. The number of hydrogen-bond donors (Lipinski definition) is 0. The Kier molecular flexibility index (Phi) is 5.41. The maximum atomic E-state index is 2.57. The van der Waals surface area contributed by atoms with Gasteiger partial charge < -0.3 is 4.90 Å². The lowest BCUT2D eigenvalue weighted by molar-refractivity contribution is 0.132. The molecule has 0 amide bonds. The summed E-state index contributed by atoms with van der Waals surface area (Å²) in [7, 11) is 0. The van der Waals surface area contributed by atoms with Gasteiger partial charge in [0.1, 0.15) is 0 Å². The minimum Gasteiger partial charge on any atom is -0.301 e. The Hall–Kier alpha value is -0.860. The van der Waals surface area contributed by atoms with Gasteiger partial charge >= 0.3 is 0 Å². The molecule has 0 radical (unpaired) electrons. The lowest BCUT2D eigenvalue weighted by Crippen LogP contribution is -2.45. The van der Waals surface area contributed by atoms with Gasteiger partial charge in [-0.05, 0) is 30.0 Å². The molecule has 0 N–H and O–H groups in total. The molecule has 0 bridgehead atoms. The molecular weight excluding hydrogens is 232 g/mol. The molecule has 0 aliphatic carbocycles. The van der Waals surface area contributed by atoms with Crippen LogP contribution in [0.5, 0.6) is 0 Å². The van der Waals surface area contributed by atoms with Crippen LogP contribution < -0.4 is 0 Å². The van der Waals surface area contributed by atoms with Gasteiger partial charge in [0.15, 0.2) is 0 Å². The molecule has 106 valence electrons. The molecule has 2 rings (SSSR count). The van der Waals surface area contributed by atoms with Crippen LogP contribution in [0.3, 0.4) is 0 Å². The van der Waals surface area contributed by atoms with E-state index in [-0.39, 0.29) is 0 Å². The Morgan fingerprint density at radius 2 is 1.42 bits per heavy atom. The van der Waals surface area contributed by atoms with Crippen LogP contribution in [0.4, 0.5) is 0 Å². The van der Waals surface area contributed by atoms with E-state index in [0.717, 1.165) is 12.5 Å². The summed E-state index contributed by atoms with van der Waals surface area (Å²) in [6, 6.07) is 9.23. The third kappa shape index (κ3) is 4.63. The van der Waals surface area contributed by atoms with Crippen molar-refractivity contribution < 1.29 is 0 Å². The number of hydrogen-bond acceptors (Lipinski definition) is 2. The molecular formula is C17H28N2. The first-order valence-electron chi connectivity index (χ1n) is 7.70. The molecule has 0 aromatic heterocycles. The van der Waals surface area contributed by atoms with E-state index in [2.05, 4.69) is 54.8 Å². The van der Waals surface area contributed by atoms with Crippen molar-refractivity contribution in [2.45, 2.75) is 33.7 Å². The summed E-state index contributed by atoms with van der Waals surface area (Å²) < 4.78 is 0. The van der Waals surface area contributed by atoms with Gasteiger partial charge in [-0.1, -0.05) is 45.0 Å². The normalized spacial score (nSPS) is 18.1. The topological polar surface area (TPSA) is 6.48 Å². The Bertz CT molecular complexity index is 361. The monoisotopic (exact) mass is 260 g/mol. The minimum atomic E-state index is 0.743. The van der Waals surface area contributed by atoms with Crippen LogP contribution in [0.2, 0.25) is 0 Å². The van der Waals surface area contributed by atoms with Crippen molar-refractivity contribution in [3.8, 4) is 0 Å². The highest BCUT2D eigenvalue weighted by Gasteiger charge is 2.15. The molecule has 0 saturated carbocycles. The highest BCUT2D eigenvalue weighted by Crippen LogP contribution is 2.12. The van der Waals surface area contributed by atoms with E-state index < -0.39 is 0 Å². The molecule has 2 nitrogen and oxygen atoms in total. The van der Waals surface area contributed by atoms with Crippen molar-refractivity contribution >= 4 is 0 Å². The van der Waals surface area contributed by atoms with Crippen molar-refractivity contribution in [2.75, 3.05) is 32.7 Å². The molecule has 0 spiro atoms. The standard InChI is InChI=1S/C17H28N2/c1-4-18-9-11-19(12-10-18)14-17-7-5-16(6-8-17)13-15(2)3/h5-8,15H,4,9-14H2,1-3H3. The van der Waals surface area contributed by atoms with Crippen molar-refractivity contribution in [3.05, 3.63) is 35.4 Å². The Morgan fingerprint density at radius 1 is 0.895 bits per heavy atom. The van der Waals surface area contributed by atoms with Gasteiger partial charge in [-0.15, -0.1) is 0 Å². The fourth-order valence-corrected chi connectivity index (χ4v) is 2.77. The van der Waals surface area contributed by atoms with Gasteiger partial charge in [0.25, 0.3) is 0 Å². The van der Waals surface area contributed by atoms with Gasteiger partial charge in [-0.3, -0.25) is 4.90 Å². The highest BCUT2D eigenvalue weighted by molar-refractivity contribution is 5.22. The number of nitrogens with zero attached hydrogens (tertiary/aromatic N) is 2. The minimum absolute atomic E-state index is 0.743. The van der Waals surface area contributed by atoms with E-state index in [1.807, 2.05) is 0 Å². The molecule has 19 heavy (non-hydrogen) atoms. The molecule has 0 unspecified atom stereocenters. The number of likely N-dealkylation sites (N-methyl/N-ethyl adjacent to an activating group) is 1. The lowest BCUT2D eigenvalue weighted by Gasteiger charge is -2.34. The van der Waals surface area contributed by atoms with Crippen LogP contribution in [0.15, 0.2) is 24.3 Å². The zero-order chi connectivity index (χ0) is 13.7. The van der Waals surface area contributed by atoms with Crippen LogP contribution in [-0.4, -0.2) is 42.5 Å². The van der Waals surface area contributed by atoms with Crippen LogP contribution in [0.1, 0.15) is 31.9 Å². The summed E-state index contributed by atoms with van der Waals surface area (Å²) in [5.41, 5.74) is 2.92. The van der Waals surface area contributed by atoms with Crippen LogP contribution in [-0.2, 0) is 13.0 Å². The fraction of sp³-hybridized carbons (Fsp3) is 0.647. The SMILES string of the molecule is CCN1CCN(Cc2ccc(CC(C)C)cc2)CC1. The van der Waals surface area contributed by atoms with E-state index in [9.17, 15) is 0 Å². The van der Waals surface area contributed by atoms with Gasteiger partial charge in [-0.25, -0.2) is 0 Å². The van der Waals surface area contributed by atoms with Crippen molar-refractivity contribution in [3.63, 3.8) is 0 Å². The third-order valence-corrected chi connectivity index (χ3v) is 3.99. The quantitative estimate of drug-likeness (QED) is 0.803. The van der Waals surface area contributed by atoms with E-state index >= 15 is 0 Å². The maximum absolute atomic E-state index is 2.57. The average molecular weight is 260 g/mol. The second kappa shape index (κ2) is 7.06. The van der Waals surface area contributed by atoms with Crippen LogP contribution >= 0.6 is 0 Å². The van der Waals surface area contributed by atoms with Crippen molar-refractivity contribution in [1.29, 1.82) is 0 Å². The Balaban J connectivity index is 1.83. The summed E-state index contributed by atoms with van der Waals surface area (Å²) in [6.07, 6.45) is 1.19. The smallest absolute Gasteiger partial charge is 0.0234 e. The zero-order valence-electron chi connectivity index (χ0n) is 12.7. The van der Waals surface area contributed by atoms with E-state index in [1.165, 1.54) is 50.3 Å². The second-order valence-electron chi connectivity index (χ2n) is 6.12. The largest absolute Gasteiger partial charge is 0.301 e. The molecule has 1 aliphatic rings. The van der Waals surface area contributed by atoms with Gasteiger partial charge in [0.2, 0.25) is 0 Å². The summed E-state index contributed by atoms with van der Waals surface area (Å²) in [5.74, 6) is 0.743. The molecule has 1 heterocycles. The summed E-state index contributed by atoms with van der Waals surface area (Å²) in [4.78, 5) is 5.10. The predicted molar refractivity (Wildman–Crippen MR) is 82.4 cm³/mol. The Labute approximate surface area is 118 Å². The molecule has 2 heteroatoms. The second-order valence-corrected chi connectivity index (χ2v) is 6.12. The van der Waals surface area contributed by atoms with Crippen molar-refractivity contribution in [1.82, 2.24) is 9.80 Å². The summed E-state index contributed by atoms with van der Waals surface area (Å²) in [6.45, 7) is 14.0. The summed E-state index contributed by atoms with van der Waals surface area (Å²) in [5, 5.41) is 0. The average Bonchev–Trinajstić information content (AvgIpc) is 2.41. The lowest BCUT2D eigenvalue weighted by atomic mass is 10.0. The number of benzene rings is 1. The van der Waals surface area contributed by atoms with E-state index in [0.29, 0.717) is 0 Å². The molecule has 1 fully saturated rings. The maximum Gasteiger partial charge on any atom is 0.0234 e. The predicted octanol–water partition coefficient (Wildman–Crippen LogP) is 3.02. The van der Waals surface area contributed by atoms with E-state index in [4.69, 9.17) is 0 Å². The Morgan fingerprint density at radius 3 is 1.95 bits per heavy atom. The first-order chi connectivity index (χ1) is 9.17. The molecule has 1 aromatic carbocycles. The molecule has 1 aromatic rings. The van der Waals surface area contributed by atoms with E-state index in [1.54, 1.807) is 0 Å². The molecule has 0 atom stereocenters.